The number of aromatic hydroxyl groups is 1. The van der Waals surface area contributed by atoms with Gasteiger partial charge in [0.05, 0.1) is 10.6 Å². The first-order valence-electron chi connectivity index (χ1n) is 10.7. The molecule has 3 aromatic rings. The van der Waals surface area contributed by atoms with Crippen LogP contribution < -0.4 is 5.32 Å². The number of benzene rings is 2. The van der Waals surface area contributed by atoms with E-state index in [2.05, 4.69) is 35.6 Å². The number of carbonyl (C=O) groups is 2. The van der Waals surface area contributed by atoms with E-state index in [9.17, 15) is 14.7 Å². The smallest absolute Gasteiger partial charge is 0.263 e. The van der Waals surface area contributed by atoms with E-state index in [1.54, 1.807) is 35.6 Å². The summed E-state index contributed by atoms with van der Waals surface area (Å²) in [5.74, 6) is -0.132. The van der Waals surface area contributed by atoms with Crippen molar-refractivity contribution in [3.8, 4) is 16.2 Å². The van der Waals surface area contributed by atoms with Crippen LogP contribution in [-0.2, 0) is 17.6 Å². The van der Waals surface area contributed by atoms with Crippen molar-refractivity contribution >= 4 is 28.8 Å². The molecular formula is C25H24N2O3S. The largest absolute Gasteiger partial charge is 0.506 e. The van der Waals surface area contributed by atoms with Crippen molar-refractivity contribution in [2.75, 3.05) is 18.4 Å². The van der Waals surface area contributed by atoms with Crippen LogP contribution in [0.4, 0.5) is 5.69 Å². The zero-order valence-corrected chi connectivity index (χ0v) is 18.0. The second-order valence-corrected chi connectivity index (χ2v) is 9.25. The first-order valence-corrected chi connectivity index (χ1v) is 11.5. The number of piperidine rings is 1. The quantitative estimate of drug-likeness (QED) is 0.589. The molecule has 2 N–H and O–H groups in total. The maximum absolute atomic E-state index is 13.1. The van der Waals surface area contributed by atoms with E-state index in [4.69, 9.17) is 0 Å². The van der Waals surface area contributed by atoms with Crippen LogP contribution in [0.1, 0.15) is 33.6 Å². The Kier molecular flexibility index (Phi) is 5.24. The number of phenolic OH excluding ortho intramolecular Hbond substituents is 1. The van der Waals surface area contributed by atoms with Gasteiger partial charge in [-0.25, -0.2) is 0 Å². The van der Waals surface area contributed by atoms with Crippen LogP contribution in [0.5, 0.6) is 5.75 Å². The predicted molar refractivity (Wildman–Crippen MR) is 123 cm³/mol. The molecule has 5 nitrogen and oxygen atoms in total. The van der Waals surface area contributed by atoms with Crippen molar-refractivity contribution in [2.24, 2.45) is 5.92 Å². The molecule has 2 amide bonds. The summed E-state index contributed by atoms with van der Waals surface area (Å²) in [6.07, 6.45) is 3.24. The number of aryl methyl sites for hydroxylation is 2. The van der Waals surface area contributed by atoms with Gasteiger partial charge in [0.25, 0.3) is 5.91 Å². The van der Waals surface area contributed by atoms with Crippen molar-refractivity contribution in [1.29, 1.82) is 0 Å². The Morgan fingerprint density at radius 1 is 0.968 bits per heavy atom. The highest BCUT2D eigenvalue weighted by molar-refractivity contribution is 7.17. The molecule has 1 aliphatic carbocycles. The molecule has 158 valence electrons. The number of hydrogen-bond acceptors (Lipinski definition) is 4. The van der Waals surface area contributed by atoms with Crippen LogP contribution in [0.25, 0.3) is 10.4 Å². The van der Waals surface area contributed by atoms with Crippen LogP contribution >= 0.6 is 11.3 Å². The van der Waals surface area contributed by atoms with Gasteiger partial charge in [-0.1, -0.05) is 36.4 Å². The number of thiophene rings is 1. The molecule has 2 aromatic carbocycles. The summed E-state index contributed by atoms with van der Waals surface area (Å²) in [7, 11) is 0. The highest BCUT2D eigenvalue weighted by Crippen LogP contribution is 2.40. The van der Waals surface area contributed by atoms with Crippen molar-refractivity contribution in [3.05, 3.63) is 70.6 Å². The van der Waals surface area contributed by atoms with Gasteiger partial charge >= 0.3 is 0 Å². The second-order valence-electron chi connectivity index (χ2n) is 8.20. The Hall–Kier alpha value is -3.12. The number of carbonyl (C=O) groups excluding carboxylic acids is 2. The lowest BCUT2D eigenvalue weighted by atomic mass is 9.91. The van der Waals surface area contributed by atoms with E-state index in [0.29, 0.717) is 31.6 Å². The Morgan fingerprint density at radius 3 is 2.48 bits per heavy atom. The SMILES string of the molecule is O=C(Nc1ccccc1O)C1CCN(C(=O)c2cc3c(s2)-c2ccccc2CC3)CC1. The van der Waals surface area contributed by atoms with Gasteiger partial charge < -0.3 is 15.3 Å². The lowest BCUT2D eigenvalue weighted by Gasteiger charge is -2.31. The third-order valence-corrected chi connectivity index (χ3v) is 7.46. The number of phenols is 1. The molecular weight excluding hydrogens is 408 g/mol. The zero-order valence-electron chi connectivity index (χ0n) is 17.1. The second kappa shape index (κ2) is 8.19. The summed E-state index contributed by atoms with van der Waals surface area (Å²) in [6.45, 7) is 1.13. The Labute approximate surface area is 185 Å². The maximum Gasteiger partial charge on any atom is 0.263 e. The molecule has 0 unspecified atom stereocenters. The minimum Gasteiger partial charge on any atom is -0.506 e. The van der Waals surface area contributed by atoms with Gasteiger partial charge in [0.1, 0.15) is 5.75 Å². The van der Waals surface area contributed by atoms with Gasteiger partial charge in [0.15, 0.2) is 0 Å². The number of rotatable bonds is 3. The summed E-state index contributed by atoms with van der Waals surface area (Å²) in [4.78, 5) is 29.6. The molecule has 1 fully saturated rings. The van der Waals surface area contributed by atoms with Crippen molar-refractivity contribution in [3.63, 3.8) is 0 Å². The van der Waals surface area contributed by atoms with Gasteiger partial charge in [0, 0.05) is 23.9 Å². The zero-order chi connectivity index (χ0) is 21.4. The first kappa shape index (κ1) is 19.8. The molecule has 6 heteroatoms. The minimum absolute atomic E-state index is 0.0618. The summed E-state index contributed by atoms with van der Waals surface area (Å²) >= 11 is 1.59. The highest BCUT2D eigenvalue weighted by atomic mass is 32.1. The average Bonchev–Trinajstić information content (AvgIpc) is 3.25. The molecule has 0 saturated carbocycles. The maximum atomic E-state index is 13.1. The number of para-hydroxylation sites is 2. The molecule has 31 heavy (non-hydrogen) atoms. The number of nitrogens with one attached hydrogen (secondary N) is 1. The monoisotopic (exact) mass is 432 g/mol. The average molecular weight is 433 g/mol. The lowest BCUT2D eigenvalue weighted by molar-refractivity contribution is -0.121. The molecule has 1 aliphatic heterocycles. The van der Waals surface area contributed by atoms with Crippen LogP contribution in [0.3, 0.4) is 0 Å². The summed E-state index contributed by atoms with van der Waals surface area (Å²) in [5.41, 5.74) is 4.30. The molecule has 2 heterocycles. The summed E-state index contributed by atoms with van der Waals surface area (Å²) < 4.78 is 0. The molecule has 2 aliphatic rings. The van der Waals surface area contributed by atoms with Gasteiger partial charge in [-0.2, -0.15) is 0 Å². The molecule has 1 saturated heterocycles. The third-order valence-electron chi connectivity index (χ3n) is 6.26. The predicted octanol–water partition coefficient (Wildman–Crippen LogP) is 4.71. The normalized spacial score (nSPS) is 15.8. The summed E-state index contributed by atoms with van der Waals surface area (Å²) in [6, 6.07) is 17.2. The Morgan fingerprint density at radius 2 is 1.68 bits per heavy atom. The number of anilines is 1. The standard InChI is InChI=1S/C25H24N2O3S/c28-21-8-4-3-7-20(21)26-24(29)17-11-13-27(14-12-17)25(30)22-15-18-10-9-16-5-1-2-6-19(16)23(18)31-22/h1-8,15,17,28H,9-14H2,(H,26,29). The van der Waals surface area contributed by atoms with E-state index in [1.807, 2.05) is 4.90 Å². The van der Waals surface area contributed by atoms with Crippen LogP contribution in [-0.4, -0.2) is 34.9 Å². The van der Waals surface area contributed by atoms with Crippen LogP contribution in [0.2, 0.25) is 0 Å². The van der Waals surface area contributed by atoms with E-state index >= 15 is 0 Å². The first-order chi connectivity index (χ1) is 15.1. The topological polar surface area (TPSA) is 69.6 Å². The van der Waals surface area contributed by atoms with Crippen LogP contribution in [0, 0.1) is 5.92 Å². The number of likely N-dealkylation sites (tertiary alicyclic amines) is 1. The fourth-order valence-electron chi connectivity index (χ4n) is 4.49. The molecule has 0 spiro atoms. The van der Waals surface area contributed by atoms with Gasteiger partial charge in [0.2, 0.25) is 5.91 Å². The number of amides is 2. The fraction of sp³-hybridized carbons (Fsp3) is 0.280. The van der Waals surface area contributed by atoms with E-state index in [1.165, 1.54) is 21.6 Å². The van der Waals surface area contributed by atoms with Gasteiger partial charge in [-0.05, 0) is 60.6 Å². The number of hydrogen-bond donors (Lipinski definition) is 2. The molecule has 0 bridgehead atoms. The van der Waals surface area contributed by atoms with Gasteiger partial charge in [-0.15, -0.1) is 11.3 Å². The van der Waals surface area contributed by atoms with Crippen LogP contribution in [0.15, 0.2) is 54.6 Å². The van der Waals surface area contributed by atoms with Crippen molar-refractivity contribution in [2.45, 2.75) is 25.7 Å². The van der Waals surface area contributed by atoms with Crippen molar-refractivity contribution < 1.29 is 14.7 Å². The molecule has 5 rings (SSSR count). The fourth-order valence-corrected chi connectivity index (χ4v) is 5.73. The third kappa shape index (κ3) is 3.83. The van der Waals surface area contributed by atoms with E-state index in [-0.39, 0.29) is 23.5 Å². The number of nitrogens with zero attached hydrogens (tertiary/aromatic N) is 1. The minimum atomic E-state index is -0.160. The molecule has 0 radical (unpaired) electrons. The summed E-state index contributed by atoms with van der Waals surface area (Å²) in [5, 5.41) is 12.7. The molecule has 0 atom stereocenters. The lowest BCUT2D eigenvalue weighted by Crippen LogP contribution is -2.41. The van der Waals surface area contributed by atoms with Crippen molar-refractivity contribution in [1.82, 2.24) is 4.90 Å². The van der Waals surface area contributed by atoms with Gasteiger partial charge in [-0.3, -0.25) is 9.59 Å². The molecule has 1 aromatic heterocycles. The Bertz CT molecular complexity index is 1150. The van der Waals surface area contributed by atoms with E-state index in [0.717, 1.165) is 17.7 Å². The number of fused-ring (bicyclic) bond motifs is 3. The Balaban J connectivity index is 1.24. The highest BCUT2D eigenvalue weighted by Gasteiger charge is 2.30. The van der Waals surface area contributed by atoms with E-state index < -0.39 is 0 Å².